The molecule has 0 radical (unpaired) electrons. The predicted molar refractivity (Wildman–Crippen MR) is 103 cm³/mol. The van der Waals surface area contributed by atoms with Gasteiger partial charge in [0.15, 0.2) is 0 Å². The molecule has 0 bridgehead atoms. The molecule has 26 heavy (non-hydrogen) atoms. The molecule has 0 spiro atoms. The van der Waals surface area contributed by atoms with Gasteiger partial charge in [-0.25, -0.2) is 0 Å². The summed E-state index contributed by atoms with van der Waals surface area (Å²) in [4.78, 5) is 24.7. The Morgan fingerprint density at radius 2 is 1.62 bits per heavy atom. The zero-order valence-corrected chi connectivity index (χ0v) is 16.2. The first-order valence-electron chi connectivity index (χ1n) is 9.68. The van der Waals surface area contributed by atoms with Crippen LogP contribution in [0.5, 0.6) is 5.75 Å². The Morgan fingerprint density at radius 1 is 1.04 bits per heavy atom. The molecule has 0 aliphatic heterocycles. The van der Waals surface area contributed by atoms with E-state index < -0.39 is 0 Å². The summed E-state index contributed by atoms with van der Waals surface area (Å²) in [5.74, 6) is 1.67. The Labute approximate surface area is 156 Å². The highest BCUT2D eigenvalue weighted by Crippen LogP contribution is 2.29. The van der Waals surface area contributed by atoms with Crippen LogP contribution >= 0.6 is 0 Å². The predicted octanol–water partition coefficient (Wildman–Crippen LogP) is 3.28. The number of rotatable bonds is 8. The maximum Gasteiger partial charge on any atom is 0.223 e. The monoisotopic (exact) mass is 360 g/mol. The van der Waals surface area contributed by atoms with Gasteiger partial charge in [0.2, 0.25) is 11.8 Å². The molecule has 0 aromatic heterocycles. The smallest absolute Gasteiger partial charge is 0.223 e. The van der Waals surface area contributed by atoms with Gasteiger partial charge in [0.25, 0.3) is 0 Å². The Morgan fingerprint density at radius 3 is 2.19 bits per heavy atom. The van der Waals surface area contributed by atoms with Crippen LogP contribution in [0, 0.1) is 17.8 Å². The van der Waals surface area contributed by atoms with Gasteiger partial charge in [-0.15, -0.1) is 0 Å². The summed E-state index contributed by atoms with van der Waals surface area (Å²) in [5, 5.41) is 6.05. The highest BCUT2D eigenvalue weighted by atomic mass is 16.5. The van der Waals surface area contributed by atoms with E-state index in [1.165, 1.54) is 0 Å². The normalized spacial score (nSPS) is 19.8. The number of carbonyl (C=O) groups excluding carboxylic acids is 2. The molecule has 5 heteroatoms. The second kappa shape index (κ2) is 10.2. The molecule has 0 saturated heterocycles. The first kappa shape index (κ1) is 20.3. The summed E-state index contributed by atoms with van der Waals surface area (Å²) in [5.41, 5.74) is 0.974. The fraction of sp³-hybridized carbons (Fsp3) is 0.619. The van der Waals surface area contributed by atoms with Gasteiger partial charge in [-0.3, -0.25) is 9.59 Å². The highest BCUT2D eigenvalue weighted by molar-refractivity contribution is 5.81. The molecule has 0 heterocycles. The van der Waals surface area contributed by atoms with E-state index in [9.17, 15) is 9.59 Å². The van der Waals surface area contributed by atoms with Crippen molar-refractivity contribution in [2.45, 2.75) is 52.5 Å². The number of nitrogens with one attached hydrogen (secondary N) is 2. The Balaban J connectivity index is 1.73. The fourth-order valence-electron chi connectivity index (χ4n) is 3.42. The van der Waals surface area contributed by atoms with E-state index in [0.717, 1.165) is 50.0 Å². The lowest BCUT2D eigenvalue weighted by atomic mass is 9.81. The molecule has 2 N–H and O–H groups in total. The van der Waals surface area contributed by atoms with Crippen LogP contribution in [0.4, 0.5) is 0 Å². The largest absolute Gasteiger partial charge is 0.496 e. The van der Waals surface area contributed by atoms with Crippen LogP contribution in [-0.2, 0) is 16.1 Å². The third kappa shape index (κ3) is 6.04. The molecule has 2 rings (SSSR count). The van der Waals surface area contributed by atoms with Gasteiger partial charge in [-0.1, -0.05) is 32.0 Å². The third-order valence-electron chi connectivity index (χ3n) is 5.14. The lowest BCUT2D eigenvalue weighted by molar-refractivity contribution is -0.130. The van der Waals surface area contributed by atoms with E-state index in [-0.39, 0.29) is 23.7 Å². The molecule has 144 valence electrons. The molecule has 0 atom stereocenters. The van der Waals surface area contributed by atoms with Crippen LogP contribution in [0.25, 0.3) is 0 Å². The maximum atomic E-state index is 12.4. The van der Waals surface area contributed by atoms with Crippen LogP contribution in [-0.4, -0.2) is 25.5 Å². The van der Waals surface area contributed by atoms with Crippen molar-refractivity contribution < 1.29 is 14.3 Å². The number of ether oxygens (including phenoxy) is 1. The van der Waals surface area contributed by atoms with Gasteiger partial charge in [0.1, 0.15) is 5.75 Å². The van der Waals surface area contributed by atoms with Crippen LogP contribution in [0.3, 0.4) is 0 Å². The van der Waals surface area contributed by atoms with Gasteiger partial charge >= 0.3 is 0 Å². The van der Waals surface area contributed by atoms with E-state index >= 15 is 0 Å². The third-order valence-corrected chi connectivity index (χ3v) is 5.14. The average molecular weight is 360 g/mol. The number of para-hydroxylation sites is 1. The standard InChI is InChI=1S/C21H32N2O3/c1-15(2)12-13-22-20(24)16-8-10-17(11-9-16)21(25)23-14-18-6-4-5-7-19(18)26-3/h4-7,15-17H,8-14H2,1-3H3,(H,22,24)(H,23,25). The molecule has 5 nitrogen and oxygen atoms in total. The van der Waals surface area contributed by atoms with Crippen molar-refractivity contribution in [3.63, 3.8) is 0 Å². The molecule has 1 aromatic rings. The minimum absolute atomic E-state index is 0.00409. The van der Waals surface area contributed by atoms with Crippen molar-refractivity contribution in [3.05, 3.63) is 29.8 Å². The summed E-state index contributed by atoms with van der Waals surface area (Å²) in [6.45, 7) is 5.52. The van der Waals surface area contributed by atoms with E-state index in [0.29, 0.717) is 12.5 Å². The van der Waals surface area contributed by atoms with Crippen LogP contribution in [0.15, 0.2) is 24.3 Å². The van der Waals surface area contributed by atoms with E-state index in [1.54, 1.807) is 7.11 Å². The molecule has 1 saturated carbocycles. The van der Waals surface area contributed by atoms with Crippen molar-refractivity contribution in [2.24, 2.45) is 17.8 Å². The second-order valence-corrected chi connectivity index (χ2v) is 7.55. The quantitative estimate of drug-likeness (QED) is 0.748. The van der Waals surface area contributed by atoms with Gasteiger partial charge in [-0.05, 0) is 44.1 Å². The molecular weight excluding hydrogens is 328 g/mol. The Kier molecular flexibility index (Phi) is 7.95. The first-order chi connectivity index (χ1) is 12.5. The number of hydrogen-bond acceptors (Lipinski definition) is 3. The van der Waals surface area contributed by atoms with Crippen molar-refractivity contribution >= 4 is 11.8 Å². The van der Waals surface area contributed by atoms with Crippen LogP contribution in [0.2, 0.25) is 0 Å². The van der Waals surface area contributed by atoms with E-state index in [4.69, 9.17) is 4.74 Å². The molecule has 1 aromatic carbocycles. The molecule has 2 amide bonds. The molecule has 1 aliphatic rings. The maximum absolute atomic E-state index is 12.4. The summed E-state index contributed by atoms with van der Waals surface area (Å²) < 4.78 is 5.31. The summed E-state index contributed by atoms with van der Waals surface area (Å²) >= 11 is 0. The average Bonchev–Trinajstić information content (AvgIpc) is 2.66. The van der Waals surface area contributed by atoms with Gasteiger partial charge in [-0.2, -0.15) is 0 Å². The zero-order valence-electron chi connectivity index (χ0n) is 16.2. The van der Waals surface area contributed by atoms with Crippen molar-refractivity contribution in [3.8, 4) is 5.75 Å². The van der Waals surface area contributed by atoms with Crippen molar-refractivity contribution in [1.82, 2.24) is 10.6 Å². The Bertz CT molecular complexity index is 593. The first-order valence-corrected chi connectivity index (χ1v) is 9.68. The number of hydrogen-bond donors (Lipinski definition) is 2. The topological polar surface area (TPSA) is 67.4 Å². The van der Waals surface area contributed by atoms with E-state index in [1.807, 2.05) is 24.3 Å². The number of amides is 2. The number of benzene rings is 1. The SMILES string of the molecule is COc1ccccc1CNC(=O)C1CCC(C(=O)NCCC(C)C)CC1. The van der Waals surface area contributed by atoms with Crippen molar-refractivity contribution in [1.29, 1.82) is 0 Å². The Hall–Kier alpha value is -2.04. The van der Waals surface area contributed by atoms with Gasteiger partial charge < -0.3 is 15.4 Å². The summed E-state index contributed by atoms with van der Waals surface area (Å²) in [6.07, 6.45) is 4.15. The van der Waals surface area contributed by atoms with Gasteiger partial charge in [0.05, 0.1) is 7.11 Å². The molecule has 1 fully saturated rings. The van der Waals surface area contributed by atoms with Crippen molar-refractivity contribution in [2.75, 3.05) is 13.7 Å². The minimum Gasteiger partial charge on any atom is -0.496 e. The van der Waals surface area contributed by atoms with E-state index in [2.05, 4.69) is 24.5 Å². The van der Waals surface area contributed by atoms with Crippen LogP contribution in [0.1, 0.15) is 51.5 Å². The fourth-order valence-corrected chi connectivity index (χ4v) is 3.42. The molecule has 0 unspecified atom stereocenters. The van der Waals surface area contributed by atoms with Crippen LogP contribution < -0.4 is 15.4 Å². The number of methoxy groups -OCH3 is 1. The molecule has 1 aliphatic carbocycles. The minimum atomic E-state index is 0.00409. The summed E-state index contributed by atoms with van der Waals surface area (Å²) in [6, 6.07) is 7.70. The lowest BCUT2D eigenvalue weighted by Gasteiger charge is -2.27. The second-order valence-electron chi connectivity index (χ2n) is 7.55. The lowest BCUT2D eigenvalue weighted by Crippen LogP contribution is -2.37. The zero-order chi connectivity index (χ0) is 18.9. The summed E-state index contributed by atoms with van der Waals surface area (Å²) in [7, 11) is 1.63. The molecular formula is C21H32N2O3. The highest BCUT2D eigenvalue weighted by Gasteiger charge is 2.29. The van der Waals surface area contributed by atoms with Gasteiger partial charge in [0, 0.05) is 30.5 Å². The number of carbonyl (C=O) groups is 2.